The fourth-order valence-electron chi connectivity index (χ4n) is 1.62. The Kier molecular flexibility index (Phi) is 3.06. The van der Waals surface area contributed by atoms with E-state index in [2.05, 4.69) is 27.8 Å². The van der Waals surface area contributed by atoms with E-state index < -0.39 is 0 Å². The summed E-state index contributed by atoms with van der Waals surface area (Å²) in [4.78, 5) is 4.16. The summed E-state index contributed by atoms with van der Waals surface area (Å²) in [5.74, 6) is 2.29. The Bertz CT molecular complexity index is 299. The van der Waals surface area contributed by atoms with E-state index in [9.17, 15) is 0 Å². The smallest absolute Gasteiger partial charge is 0.213 e. The Balaban J connectivity index is 1.83. The molecule has 1 aromatic heterocycles. The molecule has 0 aromatic carbocycles. The molecule has 1 aromatic rings. The van der Waals surface area contributed by atoms with Gasteiger partial charge in [0.2, 0.25) is 5.88 Å². The van der Waals surface area contributed by atoms with Gasteiger partial charge in [-0.2, -0.15) is 0 Å². The molecule has 0 aliphatic heterocycles. The van der Waals surface area contributed by atoms with Crippen molar-refractivity contribution in [3.63, 3.8) is 0 Å². The minimum absolute atomic E-state index is 0.729. The molecule has 2 rings (SSSR count). The molecule has 1 aliphatic rings. The van der Waals surface area contributed by atoms with Gasteiger partial charge in [0, 0.05) is 16.7 Å². The third-order valence-electron chi connectivity index (χ3n) is 2.94. The highest BCUT2D eigenvalue weighted by Crippen LogP contribution is 2.33. The zero-order valence-electron chi connectivity index (χ0n) is 8.24. The summed E-state index contributed by atoms with van der Waals surface area (Å²) in [5.41, 5.74) is 0. The van der Waals surface area contributed by atoms with Crippen LogP contribution >= 0.6 is 15.9 Å². The fourth-order valence-corrected chi connectivity index (χ4v) is 1.86. The summed E-state index contributed by atoms with van der Waals surface area (Å²) < 4.78 is 6.59. The predicted octanol–water partition coefficient (Wildman–Crippen LogP) is 3.27. The quantitative estimate of drug-likeness (QED) is 0.828. The summed E-state index contributed by atoms with van der Waals surface area (Å²) in [5, 5.41) is 0. The maximum Gasteiger partial charge on any atom is 0.213 e. The van der Waals surface area contributed by atoms with Crippen molar-refractivity contribution in [2.24, 2.45) is 11.8 Å². The van der Waals surface area contributed by atoms with Crippen LogP contribution in [0.1, 0.15) is 19.8 Å². The zero-order chi connectivity index (χ0) is 9.97. The number of hydrogen-bond donors (Lipinski definition) is 0. The first kappa shape index (κ1) is 9.97. The Morgan fingerprint density at radius 3 is 2.86 bits per heavy atom. The monoisotopic (exact) mass is 255 g/mol. The number of rotatable bonds is 3. The molecule has 0 radical (unpaired) electrons. The lowest BCUT2D eigenvalue weighted by Crippen LogP contribution is -2.28. The Morgan fingerprint density at radius 1 is 1.50 bits per heavy atom. The first-order chi connectivity index (χ1) is 6.75. The summed E-state index contributed by atoms with van der Waals surface area (Å²) >= 11 is 3.34. The number of nitrogens with zero attached hydrogens (tertiary/aromatic N) is 1. The maximum absolute atomic E-state index is 5.60. The van der Waals surface area contributed by atoms with Crippen LogP contribution in [0.4, 0.5) is 0 Å². The molecule has 0 bridgehead atoms. The van der Waals surface area contributed by atoms with Gasteiger partial charge in [-0.3, -0.25) is 0 Å². The van der Waals surface area contributed by atoms with E-state index in [0.29, 0.717) is 0 Å². The SMILES string of the molecule is C[C@@H]1CC[C@H]1COc1ccc(Br)cn1. The van der Waals surface area contributed by atoms with Crippen LogP contribution in [0.3, 0.4) is 0 Å². The highest BCUT2D eigenvalue weighted by Gasteiger charge is 2.27. The lowest BCUT2D eigenvalue weighted by atomic mass is 9.75. The summed E-state index contributed by atoms with van der Waals surface area (Å²) in [6, 6.07) is 3.85. The average Bonchev–Trinajstić information content (AvgIpc) is 2.19. The number of halogens is 1. The molecule has 0 N–H and O–H groups in total. The van der Waals surface area contributed by atoms with Crippen LogP contribution in [-0.4, -0.2) is 11.6 Å². The summed E-state index contributed by atoms with van der Waals surface area (Å²) in [7, 11) is 0. The third kappa shape index (κ3) is 2.27. The van der Waals surface area contributed by atoms with Gasteiger partial charge in [-0.1, -0.05) is 6.92 Å². The van der Waals surface area contributed by atoms with Crippen LogP contribution in [0.5, 0.6) is 5.88 Å². The normalized spacial score (nSPS) is 25.6. The van der Waals surface area contributed by atoms with Gasteiger partial charge in [-0.05, 0) is 46.7 Å². The molecular weight excluding hydrogens is 242 g/mol. The first-order valence-electron chi connectivity index (χ1n) is 5.00. The highest BCUT2D eigenvalue weighted by molar-refractivity contribution is 9.10. The highest BCUT2D eigenvalue weighted by atomic mass is 79.9. The van der Waals surface area contributed by atoms with Crippen molar-refractivity contribution in [2.75, 3.05) is 6.61 Å². The van der Waals surface area contributed by atoms with E-state index >= 15 is 0 Å². The molecule has 0 unspecified atom stereocenters. The second-order valence-corrected chi connectivity index (χ2v) is 4.86. The van der Waals surface area contributed by atoms with Gasteiger partial charge in [0.1, 0.15) is 0 Å². The van der Waals surface area contributed by atoms with Crippen LogP contribution in [0.15, 0.2) is 22.8 Å². The summed E-state index contributed by atoms with van der Waals surface area (Å²) in [6.45, 7) is 3.10. The second-order valence-electron chi connectivity index (χ2n) is 3.94. The van der Waals surface area contributed by atoms with Gasteiger partial charge in [-0.25, -0.2) is 4.98 Å². The molecule has 0 saturated heterocycles. The molecule has 2 nitrogen and oxygen atoms in total. The molecule has 76 valence electrons. The maximum atomic E-state index is 5.60. The van der Waals surface area contributed by atoms with Crippen molar-refractivity contribution in [3.8, 4) is 5.88 Å². The molecule has 1 saturated carbocycles. The standard InChI is InChI=1S/C11H14BrNO/c1-8-2-3-9(8)7-14-11-5-4-10(12)6-13-11/h4-6,8-9H,2-3,7H2,1H3/t8-,9+/m1/s1. The van der Waals surface area contributed by atoms with Gasteiger partial charge in [-0.15, -0.1) is 0 Å². The van der Waals surface area contributed by atoms with Crippen molar-refractivity contribution in [3.05, 3.63) is 22.8 Å². The van der Waals surface area contributed by atoms with E-state index in [-0.39, 0.29) is 0 Å². The van der Waals surface area contributed by atoms with Gasteiger partial charge in [0.25, 0.3) is 0 Å². The topological polar surface area (TPSA) is 22.1 Å². The molecule has 1 heterocycles. The molecule has 1 aliphatic carbocycles. The second kappa shape index (κ2) is 4.30. The average molecular weight is 256 g/mol. The fraction of sp³-hybridized carbons (Fsp3) is 0.545. The third-order valence-corrected chi connectivity index (χ3v) is 3.41. The van der Waals surface area contributed by atoms with Crippen LogP contribution in [0.2, 0.25) is 0 Å². The number of pyridine rings is 1. The van der Waals surface area contributed by atoms with Crippen molar-refractivity contribution < 1.29 is 4.74 Å². The number of hydrogen-bond acceptors (Lipinski definition) is 2. The van der Waals surface area contributed by atoms with E-state index in [0.717, 1.165) is 28.8 Å². The Hall–Kier alpha value is -0.570. The van der Waals surface area contributed by atoms with Crippen molar-refractivity contribution >= 4 is 15.9 Å². The largest absolute Gasteiger partial charge is 0.477 e. The van der Waals surface area contributed by atoms with Gasteiger partial charge in [0.05, 0.1) is 6.61 Å². The molecule has 3 heteroatoms. The molecule has 1 fully saturated rings. The number of ether oxygens (including phenoxy) is 1. The molecule has 14 heavy (non-hydrogen) atoms. The molecule has 0 amide bonds. The van der Waals surface area contributed by atoms with Gasteiger partial charge in [0.15, 0.2) is 0 Å². The lowest BCUT2D eigenvalue weighted by Gasteiger charge is -2.33. The number of aromatic nitrogens is 1. The Labute approximate surface area is 92.8 Å². The first-order valence-corrected chi connectivity index (χ1v) is 5.79. The zero-order valence-corrected chi connectivity index (χ0v) is 9.83. The van der Waals surface area contributed by atoms with E-state index in [1.54, 1.807) is 6.20 Å². The summed E-state index contributed by atoms with van der Waals surface area (Å²) in [6.07, 6.45) is 4.42. The van der Waals surface area contributed by atoms with Crippen molar-refractivity contribution in [2.45, 2.75) is 19.8 Å². The van der Waals surface area contributed by atoms with Crippen LogP contribution in [0, 0.1) is 11.8 Å². The van der Waals surface area contributed by atoms with Crippen molar-refractivity contribution in [1.29, 1.82) is 0 Å². The van der Waals surface area contributed by atoms with E-state index in [1.165, 1.54) is 12.8 Å². The van der Waals surface area contributed by atoms with Gasteiger partial charge < -0.3 is 4.74 Å². The minimum atomic E-state index is 0.729. The lowest BCUT2D eigenvalue weighted by molar-refractivity contribution is 0.113. The van der Waals surface area contributed by atoms with E-state index in [4.69, 9.17) is 4.74 Å². The predicted molar refractivity (Wildman–Crippen MR) is 59.3 cm³/mol. The van der Waals surface area contributed by atoms with E-state index in [1.807, 2.05) is 12.1 Å². The van der Waals surface area contributed by atoms with Crippen LogP contribution in [0.25, 0.3) is 0 Å². The van der Waals surface area contributed by atoms with Crippen LogP contribution < -0.4 is 4.74 Å². The molecule has 2 atom stereocenters. The molecule has 0 spiro atoms. The van der Waals surface area contributed by atoms with Gasteiger partial charge >= 0.3 is 0 Å². The molecular formula is C11H14BrNO. The minimum Gasteiger partial charge on any atom is -0.477 e. The van der Waals surface area contributed by atoms with Crippen LogP contribution in [-0.2, 0) is 0 Å². The Morgan fingerprint density at radius 2 is 2.36 bits per heavy atom. The van der Waals surface area contributed by atoms with Crippen molar-refractivity contribution in [1.82, 2.24) is 4.98 Å².